The molecule has 0 aliphatic heterocycles. The van der Waals surface area contributed by atoms with Gasteiger partial charge in [0.2, 0.25) is 0 Å². The topological polar surface area (TPSA) is 95.9 Å². The van der Waals surface area contributed by atoms with E-state index in [0.717, 1.165) is 0 Å². The van der Waals surface area contributed by atoms with Gasteiger partial charge in [0.25, 0.3) is 0 Å². The van der Waals surface area contributed by atoms with Crippen molar-refractivity contribution in [3.63, 3.8) is 0 Å². The van der Waals surface area contributed by atoms with Crippen molar-refractivity contribution in [1.29, 1.82) is 0 Å². The second-order valence-corrected chi connectivity index (χ2v) is 4.36. The maximum absolute atomic E-state index is 11.6. The van der Waals surface area contributed by atoms with Gasteiger partial charge >= 0.3 is 18.0 Å². The third-order valence-electron chi connectivity index (χ3n) is 2.74. The molecule has 7 nitrogen and oxygen atoms in total. The molecule has 0 spiro atoms. The van der Waals surface area contributed by atoms with Crippen LogP contribution in [0.15, 0.2) is 0 Å². The van der Waals surface area contributed by atoms with Crippen LogP contribution in [0.25, 0.3) is 0 Å². The first-order valence-electron chi connectivity index (χ1n) is 6.17. The van der Waals surface area contributed by atoms with Gasteiger partial charge in [0.05, 0.1) is 19.4 Å². The summed E-state index contributed by atoms with van der Waals surface area (Å²) in [6, 6.07) is -0.285. The Balaban J connectivity index is 3.73. The molecule has 0 aliphatic rings. The number of carboxylic acids is 1. The molecule has 0 fully saturated rings. The van der Waals surface area contributed by atoms with Crippen LogP contribution in [0.2, 0.25) is 0 Å². The van der Waals surface area contributed by atoms with Crippen molar-refractivity contribution in [3.05, 3.63) is 0 Å². The minimum atomic E-state index is -0.832. The van der Waals surface area contributed by atoms with Gasteiger partial charge in [-0.25, -0.2) is 4.79 Å². The molecule has 19 heavy (non-hydrogen) atoms. The maximum atomic E-state index is 11.6. The van der Waals surface area contributed by atoms with Gasteiger partial charge in [-0.1, -0.05) is 6.92 Å². The summed E-state index contributed by atoms with van der Waals surface area (Å²) in [6.07, 6.45) is 1.27. The Morgan fingerprint density at radius 3 is 2.53 bits per heavy atom. The molecule has 0 heterocycles. The van der Waals surface area contributed by atoms with Crippen LogP contribution in [0.5, 0.6) is 0 Å². The van der Waals surface area contributed by atoms with Crippen molar-refractivity contribution < 1.29 is 24.2 Å². The number of amides is 2. The number of hydrogen-bond donors (Lipinski definition) is 2. The fourth-order valence-electron chi connectivity index (χ4n) is 1.32. The molecular formula is C12H22N2O5. The smallest absolute Gasteiger partial charge is 0.317 e. The Morgan fingerprint density at radius 2 is 2.00 bits per heavy atom. The van der Waals surface area contributed by atoms with E-state index in [2.05, 4.69) is 10.1 Å². The Bertz CT molecular complexity index is 319. The van der Waals surface area contributed by atoms with Gasteiger partial charge in [-0.05, 0) is 12.8 Å². The second kappa shape index (κ2) is 9.18. The predicted octanol–water partition coefficient (Wildman–Crippen LogP) is 0.692. The van der Waals surface area contributed by atoms with Crippen LogP contribution in [0, 0.1) is 5.92 Å². The highest BCUT2D eigenvalue weighted by molar-refractivity contribution is 5.75. The molecule has 1 unspecified atom stereocenters. The first kappa shape index (κ1) is 17.2. The number of urea groups is 1. The molecule has 0 aromatic rings. The summed E-state index contributed by atoms with van der Waals surface area (Å²) < 4.78 is 4.47. The van der Waals surface area contributed by atoms with Crippen LogP contribution < -0.4 is 5.32 Å². The van der Waals surface area contributed by atoms with Crippen molar-refractivity contribution in [1.82, 2.24) is 10.2 Å². The maximum Gasteiger partial charge on any atom is 0.317 e. The molecule has 0 rings (SSSR count). The molecule has 0 saturated heterocycles. The third-order valence-corrected chi connectivity index (χ3v) is 2.74. The average Bonchev–Trinajstić information content (AvgIpc) is 2.39. The summed E-state index contributed by atoms with van der Waals surface area (Å²) in [7, 11) is 2.88. The standard InChI is InChI=1S/C12H22N2O5/c1-9(11(16)17)5-4-7-13-12(18)14(2)8-6-10(15)19-3/h9H,4-8H2,1-3H3,(H,13,18)(H,16,17). The van der Waals surface area contributed by atoms with E-state index in [9.17, 15) is 14.4 Å². The monoisotopic (exact) mass is 274 g/mol. The Morgan fingerprint density at radius 1 is 1.37 bits per heavy atom. The quantitative estimate of drug-likeness (QED) is 0.501. The van der Waals surface area contributed by atoms with Gasteiger partial charge in [0.1, 0.15) is 0 Å². The van der Waals surface area contributed by atoms with Gasteiger partial charge in [-0.2, -0.15) is 0 Å². The van der Waals surface area contributed by atoms with E-state index < -0.39 is 11.9 Å². The number of ether oxygens (including phenoxy) is 1. The summed E-state index contributed by atoms with van der Waals surface area (Å²) in [5, 5.41) is 11.3. The molecule has 7 heteroatoms. The lowest BCUT2D eigenvalue weighted by atomic mass is 10.1. The predicted molar refractivity (Wildman–Crippen MR) is 68.7 cm³/mol. The summed E-state index contributed by atoms with van der Waals surface area (Å²) in [6.45, 7) is 2.33. The van der Waals surface area contributed by atoms with Crippen molar-refractivity contribution >= 4 is 18.0 Å². The van der Waals surface area contributed by atoms with E-state index >= 15 is 0 Å². The van der Waals surface area contributed by atoms with Crippen LogP contribution in [-0.4, -0.2) is 55.2 Å². The molecule has 0 aromatic carbocycles. The summed E-state index contributed by atoms with van der Waals surface area (Å²) >= 11 is 0. The molecule has 1 atom stereocenters. The van der Waals surface area contributed by atoms with Crippen molar-refractivity contribution in [2.75, 3.05) is 27.2 Å². The zero-order valence-electron chi connectivity index (χ0n) is 11.6. The van der Waals surface area contributed by atoms with E-state index in [1.54, 1.807) is 14.0 Å². The van der Waals surface area contributed by atoms with Crippen LogP contribution in [0.4, 0.5) is 4.79 Å². The summed E-state index contributed by atoms with van der Waals surface area (Å²) in [5.41, 5.74) is 0. The minimum Gasteiger partial charge on any atom is -0.481 e. The number of carboxylic acid groups (broad SMARTS) is 1. The number of hydrogen-bond acceptors (Lipinski definition) is 4. The number of nitrogens with zero attached hydrogens (tertiary/aromatic N) is 1. The van der Waals surface area contributed by atoms with Crippen LogP contribution in [0.3, 0.4) is 0 Å². The highest BCUT2D eigenvalue weighted by atomic mass is 16.5. The lowest BCUT2D eigenvalue weighted by Gasteiger charge is -2.17. The lowest BCUT2D eigenvalue weighted by Crippen LogP contribution is -2.39. The second-order valence-electron chi connectivity index (χ2n) is 4.36. The molecule has 2 amide bonds. The molecule has 0 bridgehead atoms. The van der Waals surface area contributed by atoms with Crippen molar-refractivity contribution in [2.24, 2.45) is 5.92 Å². The number of methoxy groups -OCH3 is 1. The Hall–Kier alpha value is -1.79. The number of carbonyl (C=O) groups excluding carboxylic acids is 2. The fraction of sp³-hybridized carbons (Fsp3) is 0.750. The number of carbonyl (C=O) groups is 3. The summed E-state index contributed by atoms with van der Waals surface area (Å²) in [4.78, 5) is 34.4. The van der Waals surface area contributed by atoms with E-state index in [0.29, 0.717) is 19.4 Å². The van der Waals surface area contributed by atoms with E-state index in [1.165, 1.54) is 12.0 Å². The van der Waals surface area contributed by atoms with Crippen LogP contribution in [-0.2, 0) is 14.3 Å². The first-order valence-corrected chi connectivity index (χ1v) is 6.17. The highest BCUT2D eigenvalue weighted by Gasteiger charge is 2.12. The van der Waals surface area contributed by atoms with Gasteiger partial charge in [0, 0.05) is 20.1 Å². The number of aliphatic carboxylic acids is 1. The highest BCUT2D eigenvalue weighted by Crippen LogP contribution is 2.04. The van der Waals surface area contributed by atoms with Gasteiger partial charge in [-0.15, -0.1) is 0 Å². The minimum absolute atomic E-state index is 0.149. The lowest BCUT2D eigenvalue weighted by molar-refractivity contribution is -0.142. The number of nitrogens with one attached hydrogen (secondary N) is 1. The largest absolute Gasteiger partial charge is 0.481 e. The number of rotatable bonds is 8. The first-order chi connectivity index (χ1) is 8.88. The van der Waals surface area contributed by atoms with Crippen LogP contribution in [0.1, 0.15) is 26.2 Å². The molecule has 0 radical (unpaired) electrons. The van der Waals surface area contributed by atoms with Gasteiger partial charge < -0.3 is 20.1 Å². The van der Waals surface area contributed by atoms with Gasteiger partial charge in [0.15, 0.2) is 0 Å². The number of esters is 1. The molecule has 0 saturated carbocycles. The zero-order chi connectivity index (χ0) is 14.8. The molecule has 0 aliphatic carbocycles. The summed E-state index contributed by atoms with van der Waals surface area (Å²) in [5.74, 6) is -1.61. The zero-order valence-corrected chi connectivity index (χ0v) is 11.6. The third kappa shape index (κ3) is 8.01. The molecule has 0 aromatic heterocycles. The SMILES string of the molecule is COC(=O)CCN(C)C(=O)NCCCC(C)C(=O)O. The normalized spacial score (nSPS) is 11.5. The molecule has 110 valence electrons. The Kier molecular flexibility index (Phi) is 8.32. The van der Waals surface area contributed by atoms with E-state index in [-0.39, 0.29) is 25.0 Å². The Labute approximate surface area is 112 Å². The van der Waals surface area contributed by atoms with Gasteiger partial charge in [-0.3, -0.25) is 9.59 Å². The molecular weight excluding hydrogens is 252 g/mol. The van der Waals surface area contributed by atoms with Crippen molar-refractivity contribution in [2.45, 2.75) is 26.2 Å². The van der Waals surface area contributed by atoms with E-state index in [1.807, 2.05) is 0 Å². The van der Waals surface area contributed by atoms with Crippen LogP contribution >= 0.6 is 0 Å². The van der Waals surface area contributed by atoms with Crippen molar-refractivity contribution in [3.8, 4) is 0 Å². The van der Waals surface area contributed by atoms with E-state index in [4.69, 9.17) is 5.11 Å². The average molecular weight is 274 g/mol. The fourth-order valence-corrected chi connectivity index (χ4v) is 1.32. The molecule has 2 N–H and O–H groups in total.